The van der Waals surface area contributed by atoms with Crippen LogP contribution in [0.5, 0.6) is 11.5 Å². The lowest BCUT2D eigenvalue weighted by Gasteiger charge is -2.11. The van der Waals surface area contributed by atoms with Crippen molar-refractivity contribution >= 4 is 35.5 Å². The lowest BCUT2D eigenvalue weighted by atomic mass is 10.2. The number of thioether (sulfide) groups is 1. The molecule has 3 aromatic carbocycles. The minimum Gasteiger partial charge on any atom is -0.504 e. The van der Waals surface area contributed by atoms with Gasteiger partial charge < -0.3 is 9.84 Å². The van der Waals surface area contributed by atoms with Crippen LogP contribution >= 0.6 is 23.4 Å². The highest BCUT2D eigenvalue weighted by atomic mass is 35.5. The number of hydrazone groups is 1. The van der Waals surface area contributed by atoms with Crippen LogP contribution in [0.3, 0.4) is 0 Å². The highest BCUT2D eigenvalue weighted by molar-refractivity contribution is 7.99. The Bertz CT molecular complexity index is 1370. The van der Waals surface area contributed by atoms with Gasteiger partial charge in [-0.05, 0) is 62.4 Å². The van der Waals surface area contributed by atoms with Crippen LogP contribution in [-0.4, -0.2) is 44.4 Å². The monoisotopic (exact) mass is 521 g/mol. The Labute approximate surface area is 218 Å². The number of halogens is 1. The van der Waals surface area contributed by atoms with E-state index in [1.165, 1.54) is 18.0 Å². The molecule has 0 aliphatic heterocycles. The molecular formula is C26H24ClN5O3S. The molecule has 0 saturated heterocycles. The first-order valence-corrected chi connectivity index (χ1v) is 12.5. The molecule has 0 fully saturated rings. The van der Waals surface area contributed by atoms with Gasteiger partial charge in [-0.3, -0.25) is 9.36 Å². The number of carbonyl (C=O) groups is 1. The fourth-order valence-electron chi connectivity index (χ4n) is 3.33. The number of ether oxygens (including phenoxy) is 1. The molecule has 1 aromatic heterocycles. The Hall–Kier alpha value is -3.82. The summed E-state index contributed by atoms with van der Waals surface area (Å²) in [6.07, 6.45) is 1.37. The fraction of sp³-hybridized carbons (Fsp3) is 0.154. The van der Waals surface area contributed by atoms with Gasteiger partial charge >= 0.3 is 0 Å². The maximum Gasteiger partial charge on any atom is 0.250 e. The minimum atomic E-state index is -0.330. The molecule has 4 aromatic rings. The van der Waals surface area contributed by atoms with Crippen LogP contribution in [0.2, 0.25) is 5.02 Å². The van der Waals surface area contributed by atoms with Gasteiger partial charge in [0.15, 0.2) is 22.5 Å². The van der Waals surface area contributed by atoms with E-state index in [-0.39, 0.29) is 17.4 Å². The molecule has 0 radical (unpaired) electrons. The van der Waals surface area contributed by atoms with Gasteiger partial charge in [-0.2, -0.15) is 5.10 Å². The van der Waals surface area contributed by atoms with Crippen LogP contribution in [0.15, 0.2) is 77.0 Å². The number of nitrogens with zero attached hydrogens (tertiary/aromatic N) is 4. The normalized spacial score (nSPS) is 11.1. The van der Waals surface area contributed by atoms with Crippen molar-refractivity contribution < 1.29 is 14.6 Å². The molecule has 1 amide bonds. The predicted molar refractivity (Wildman–Crippen MR) is 142 cm³/mol. The average Bonchev–Trinajstić information content (AvgIpc) is 3.30. The molecule has 0 bridgehead atoms. The van der Waals surface area contributed by atoms with Crippen molar-refractivity contribution in [1.29, 1.82) is 0 Å². The van der Waals surface area contributed by atoms with Gasteiger partial charge in [-0.25, -0.2) is 5.43 Å². The van der Waals surface area contributed by atoms with Gasteiger partial charge in [0.25, 0.3) is 5.91 Å². The smallest absolute Gasteiger partial charge is 0.250 e. The van der Waals surface area contributed by atoms with Crippen molar-refractivity contribution in [1.82, 2.24) is 20.2 Å². The van der Waals surface area contributed by atoms with Gasteiger partial charge in [0.2, 0.25) is 0 Å². The van der Waals surface area contributed by atoms with E-state index in [2.05, 4.69) is 20.7 Å². The second-order valence-corrected chi connectivity index (χ2v) is 9.07. The Morgan fingerprint density at radius 3 is 2.61 bits per heavy atom. The summed E-state index contributed by atoms with van der Waals surface area (Å²) in [6, 6.07) is 20.4. The van der Waals surface area contributed by atoms with Crippen molar-refractivity contribution in [2.75, 3.05) is 12.4 Å². The van der Waals surface area contributed by atoms with Crippen LogP contribution in [0.4, 0.5) is 0 Å². The molecule has 36 heavy (non-hydrogen) atoms. The number of amides is 1. The van der Waals surface area contributed by atoms with Gasteiger partial charge in [0, 0.05) is 21.8 Å². The van der Waals surface area contributed by atoms with Crippen LogP contribution < -0.4 is 10.2 Å². The molecule has 0 saturated carbocycles. The van der Waals surface area contributed by atoms with E-state index < -0.39 is 0 Å². The number of benzene rings is 3. The summed E-state index contributed by atoms with van der Waals surface area (Å²) in [4.78, 5) is 12.5. The third kappa shape index (κ3) is 6.05. The van der Waals surface area contributed by atoms with Gasteiger partial charge in [0.05, 0.1) is 18.6 Å². The van der Waals surface area contributed by atoms with Crippen LogP contribution in [0.25, 0.3) is 17.1 Å². The number of aromatic hydroxyl groups is 1. The summed E-state index contributed by atoms with van der Waals surface area (Å²) in [5.74, 6) is 0.694. The zero-order valence-electron chi connectivity index (χ0n) is 19.7. The molecule has 0 atom stereocenters. The van der Waals surface area contributed by atoms with Crippen LogP contribution in [0, 0.1) is 6.92 Å². The summed E-state index contributed by atoms with van der Waals surface area (Å²) >= 11 is 7.29. The first kappa shape index (κ1) is 25.3. The quantitative estimate of drug-likeness (QED) is 0.177. The van der Waals surface area contributed by atoms with Crippen molar-refractivity contribution in [2.45, 2.75) is 19.0 Å². The van der Waals surface area contributed by atoms with Crippen LogP contribution in [-0.2, 0) is 4.79 Å². The van der Waals surface area contributed by atoms with Crippen molar-refractivity contribution in [2.24, 2.45) is 5.10 Å². The standard InChI is InChI=1S/C26H24ClN5O3S/c1-3-35-22-6-4-5-19(24(22)34)15-28-29-23(33)16-36-26-31-30-25(18-9-11-20(27)12-10-18)32(26)21-13-7-17(2)8-14-21/h4-15,34H,3,16H2,1-2H3,(H,29,33)/b28-15-. The van der Waals surface area contributed by atoms with E-state index in [9.17, 15) is 9.90 Å². The molecule has 2 N–H and O–H groups in total. The Kier molecular flexibility index (Phi) is 8.24. The van der Waals surface area contributed by atoms with E-state index in [0.717, 1.165) is 16.8 Å². The molecule has 0 unspecified atom stereocenters. The Morgan fingerprint density at radius 1 is 1.14 bits per heavy atom. The molecule has 1 heterocycles. The van der Waals surface area contributed by atoms with E-state index in [4.69, 9.17) is 16.3 Å². The Morgan fingerprint density at radius 2 is 1.89 bits per heavy atom. The Balaban J connectivity index is 1.49. The van der Waals surface area contributed by atoms with E-state index in [0.29, 0.717) is 33.9 Å². The number of carbonyl (C=O) groups excluding carboxylic acids is 1. The van der Waals surface area contributed by atoms with Gasteiger partial charge in [-0.15, -0.1) is 10.2 Å². The molecule has 0 aliphatic rings. The molecule has 8 nitrogen and oxygen atoms in total. The number of hydrogen-bond acceptors (Lipinski definition) is 7. The van der Waals surface area contributed by atoms with Crippen molar-refractivity contribution in [3.63, 3.8) is 0 Å². The van der Waals surface area contributed by atoms with Crippen molar-refractivity contribution in [3.8, 4) is 28.6 Å². The topological polar surface area (TPSA) is 102 Å². The predicted octanol–water partition coefficient (Wildman–Crippen LogP) is 5.24. The molecule has 4 rings (SSSR count). The lowest BCUT2D eigenvalue weighted by Crippen LogP contribution is -2.20. The zero-order valence-corrected chi connectivity index (χ0v) is 21.3. The third-order valence-electron chi connectivity index (χ3n) is 5.08. The number of aromatic nitrogens is 3. The van der Waals surface area contributed by atoms with Crippen molar-refractivity contribution in [3.05, 3.63) is 82.9 Å². The number of nitrogens with one attached hydrogen (secondary N) is 1. The highest BCUT2D eigenvalue weighted by Gasteiger charge is 2.17. The summed E-state index contributed by atoms with van der Waals surface area (Å²) in [5.41, 5.74) is 5.76. The molecular weight excluding hydrogens is 498 g/mol. The SMILES string of the molecule is CCOc1cccc(/C=N\NC(=O)CSc2nnc(-c3ccc(Cl)cc3)n2-c2ccc(C)cc2)c1O. The second kappa shape index (κ2) is 11.7. The molecule has 0 spiro atoms. The summed E-state index contributed by atoms with van der Waals surface area (Å²) in [7, 11) is 0. The van der Waals surface area contributed by atoms with Crippen LogP contribution in [0.1, 0.15) is 18.1 Å². The summed E-state index contributed by atoms with van der Waals surface area (Å²) in [6.45, 7) is 4.27. The zero-order chi connectivity index (χ0) is 25.5. The molecule has 0 aliphatic carbocycles. The molecule has 10 heteroatoms. The van der Waals surface area contributed by atoms with E-state index >= 15 is 0 Å². The van der Waals surface area contributed by atoms with Gasteiger partial charge in [0.1, 0.15) is 0 Å². The number of aryl methyl sites for hydroxylation is 1. The first-order chi connectivity index (χ1) is 17.5. The number of para-hydroxylation sites is 1. The van der Waals surface area contributed by atoms with E-state index in [1.54, 1.807) is 30.3 Å². The number of rotatable bonds is 9. The maximum atomic E-state index is 12.5. The third-order valence-corrected chi connectivity index (χ3v) is 6.26. The average molecular weight is 522 g/mol. The minimum absolute atomic E-state index is 0.0346. The number of phenols is 1. The number of phenolic OH excluding ortho intramolecular Hbond substituents is 1. The maximum absolute atomic E-state index is 12.5. The fourth-order valence-corrected chi connectivity index (χ4v) is 4.20. The largest absolute Gasteiger partial charge is 0.504 e. The molecule has 184 valence electrons. The number of hydrogen-bond donors (Lipinski definition) is 2. The highest BCUT2D eigenvalue weighted by Crippen LogP contribution is 2.30. The lowest BCUT2D eigenvalue weighted by molar-refractivity contribution is -0.118. The second-order valence-electron chi connectivity index (χ2n) is 7.69. The van der Waals surface area contributed by atoms with Gasteiger partial charge in [-0.1, -0.05) is 47.1 Å². The van der Waals surface area contributed by atoms with E-state index in [1.807, 2.05) is 54.8 Å². The summed E-state index contributed by atoms with van der Waals surface area (Å²) < 4.78 is 7.27. The summed E-state index contributed by atoms with van der Waals surface area (Å²) in [5, 5.41) is 24.1. The first-order valence-electron chi connectivity index (χ1n) is 11.1.